The van der Waals surface area contributed by atoms with E-state index in [4.69, 9.17) is 9.72 Å². The molecule has 0 spiro atoms. The van der Waals surface area contributed by atoms with Crippen LogP contribution in [0, 0.1) is 5.82 Å². The molecule has 40 heavy (non-hydrogen) atoms. The van der Waals surface area contributed by atoms with E-state index in [1.54, 1.807) is 37.4 Å². The number of carbonyl (C=O) groups excluding carboxylic acids is 1. The lowest BCUT2D eigenvalue weighted by Gasteiger charge is -2.29. The lowest BCUT2D eigenvalue weighted by molar-refractivity contribution is 0.0735. The van der Waals surface area contributed by atoms with Crippen LogP contribution in [0.15, 0.2) is 101 Å². The number of nitrogens with zero attached hydrogens (tertiary/aromatic N) is 3. The van der Waals surface area contributed by atoms with Crippen LogP contribution >= 0.6 is 11.8 Å². The molecule has 0 bridgehead atoms. The lowest BCUT2D eigenvalue weighted by atomic mass is 9.99. The number of halogens is 1. The van der Waals surface area contributed by atoms with Crippen molar-refractivity contribution in [1.82, 2.24) is 14.5 Å². The van der Waals surface area contributed by atoms with Crippen molar-refractivity contribution in [3.63, 3.8) is 0 Å². The number of hydrogen-bond donors (Lipinski definition) is 0. The normalized spacial score (nSPS) is 12.8. The Hall–Kier alpha value is -4.43. The van der Waals surface area contributed by atoms with Gasteiger partial charge in [-0.3, -0.25) is 14.2 Å². The first-order valence-electron chi connectivity index (χ1n) is 12.9. The number of hydrogen-bond acceptors (Lipinski definition) is 5. The monoisotopic (exact) mass is 551 g/mol. The van der Waals surface area contributed by atoms with Gasteiger partial charge in [-0.1, -0.05) is 54.2 Å². The fraction of sp³-hybridized carbons (Fsp3) is 0.156. The van der Waals surface area contributed by atoms with Gasteiger partial charge in [-0.05, 0) is 71.6 Å². The van der Waals surface area contributed by atoms with Crippen LogP contribution in [-0.2, 0) is 18.7 Å². The molecular weight excluding hydrogens is 525 g/mol. The highest BCUT2D eigenvalue weighted by molar-refractivity contribution is 7.98. The third-order valence-electron chi connectivity index (χ3n) is 7.07. The third kappa shape index (κ3) is 5.10. The van der Waals surface area contributed by atoms with Gasteiger partial charge in [0.2, 0.25) is 0 Å². The zero-order valence-electron chi connectivity index (χ0n) is 21.8. The SMILES string of the molecule is COc1cccc(CSc2nc3cc(C(=O)N4CCc5ccccc5C4)ccc3c(=O)n2-c2cccc(F)c2)c1. The number of rotatable bonds is 6. The van der Waals surface area contributed by atoms with E-state index >= 15 is 0 Å². The Kier molecular flexibility index (Phi) is 7.09. The number of thioether (sulfide) groups is 1. The maximum atomic E-state index is 14.2. The van der Waals surface area contributed by atoms with Crippen molar-refractivity contribution >= 4 is 28.6 Å². The predicted molar refractivity (Wildman–Crippen MR) is 155 cm³/mol. The second-order valence-electron chi connectivity index (χ2n) is 9.63. The predicted octanol–water partition coefficient (Wildman–Crippen LogP) is 6.02. The van der Waals surface area contributed by atoms with Gasteiger partial charge in [0, 0.05) is 24.4 Å². The Morgan fingerprint density at radius 3 is 2.62 bits per heavy atom. The maximum Gasteiger partial charge on any atom is 0.266 e. The van der Waals surface area contributed by atoms with Crippen molar-refractivity contribution in [2.75, 3.05) is 13.7 Å². The molecular formula is C32H26FN3O3S. The Labute approximate surface area is 235 Å². The average molecular weight is 552 g/mol. The summed E-state index contributed by atoms with van der Waals surface area (Å²) in [6.07, 6.45) is 0.803. The van der Waals surface area contributed by atoms with Gasteiger partial charge in [0.15, 0.2) is 5.16 Å². The van der Waals surface area contributed by atoms with Crippen LogP contribution in [0.1, 0.15) is 27.0 Å². The fourth-order valence-corrected chi connectivity index (χ4v) is 5.96. The molecule has 0 radical (unpaired) electrons. The molecule has 1 aliphatic rings. The Morgan fingerprint density at radius 1 is 0.975 bits per heavy atom. The Morgan fingerprint density at radius 2 is 1.80 bits per heavy atom. The number of carbonyl (C=O) groups is 1. The molecule has 0 aliphatic carbocycles. The van der Waals surface area contributed by atoms with E-state index < -0.39 is 5.82 Å². The minimum Gasteiger partial charge on any atom is -0.497 e. The first-order valence-corrected chi connectivity index (χ1v) is 13.9. The van der Waals surface area contributed by atoms with Crippen LogP contribution in [0.3, 0.4) is 0 Å². The van der Waals surface area contributed by atoms with Gasteiger partial charge in [-0.25, -0.2) is 9.37 Å². The van der Waals surface area contributed by atoms with Gasteiger partial charge >= 0.3 is 0 Å². The van der Waals surface area contributed by atoms with E-state index in [2.05, 4.69) is 12.1 Å². The maximum absolute atomic E-state index is 14.2. The topological polar surface area (TPSA) is 64.4 Å². The highest BCUT2D eigenvalue weighted by atomic mass is 32.2. The summed E-state index contributed by atoms with van der Waals surface area (Å²) in [7, 11) is 1.61. The van der Waals surface area contributed by atoms with Crippen LogP contribution in [0.2, 0.25) is 0 Å². The number of fused-ring (bicyclic) bond motifs is 2. The number of aromatic nitrogens is 2. The molecule has 4 aromatic carbocycles. The number of amides is 1. The van der Waals surface area contributed by atoms with Gasteiger partial charge in [-0.15, -0.1) is 0 Å². The van der Waals surface area contributed by atoms with Crippen LogP contribution in [0.25, 0.3) is 16.6 Å². The van der Waals surface area contributed by atoms with Crippen LogP contribution in [0.5, 0.6) is 5.75 Å². The first-order chi connectivity index (χ1) is 19.5. The van der Waals surface area contributed by atoms with Crippen molar-refractivity contribution in [2.45, 2.75) is 23.9 Å². The fourth-order valence-electron chi connectivity index (χ4n) is 5.00. The molecule has 0 unspecified atom stereocenters. The molecule has 5 aromatic rings. The molecule has 1 amide bonds. The van der Waals surface area contributed by atoms with Crippen LogP contribution in [-0.4, -0.2) is 34.0 Å². The van der Waals surface area contributed by atoms with Gasteiger partial charge in [0.1, 0.15) is 11.6 Å². The molecule has 2 heterocycles. The van der Waals surface area contributed by atoms with Crippen molar-refractivity contribution in [1.29, 1.82) is 0 Å². The molecule has 0 N–H and O–H groups in total. The van der Waals surface area contributed by atoms with Gasteiger partial charge in [0.05, 0.1) is 23.7 Å². The van der Waals surface area contributed by atoms with Crippen molar-refractivity contribution in [3.05, 3.63) is 129 Å². The summed E-state index contributed by atoms with van der Waals surface area (Å²) in [6, 6.07) is 26.7. The average Bonchev–Trinajstić information content (AvgIpc) is 2.99. The summed E-state index contributed by atoms with van der Waals surface area (Å²) in [5.74, 6) is 0.696. The summed E-state index contributed by atoms with van der Waals surface area (Å²) >= 11 is 1.36. The second kappa shape index (κ2) is 11.0. The molecule has 0 saturated carbocycles. The quantitative estimate of drug-likeness (QED) is 0.191. The van der Waals surface area contributed by atoms with E-state index in [9.17, 15) is 14.0 Å². The highest BCUT2D eigenvalue weighted by Crippen LogP contribution is 2.27. The van der Waals surface area contributed by atoms with Gasteiger partial charge in [0.25, 0.3) is 11.5 Å². The molecule has 200 valence electrons. The lowest BCUT2D eigenvalue weighted by Crippen LogP contribution is -2.36. The molecule has 1 aliphatic heterocycles. The summed E-state index contributed by atoms with van der Waals surface area (Å²) in [5, 5.41) is 0.762. The standard InChI is InChI=1S/C32H26FN3O3S/c1-39-27-11-4-6-21(16-27)20-40-32-34-29-17-23(30(37)35-15-14-22-7-2-3-8-24(22)19-35)12-13-28(29)31(38)36(32)26-10-5-9-25(33)18-26/h2-13,16-18H,14-15,19-20H2,1H3. The molecule has 6 rings (SSSR count). The molecule has 0 atom stereocenters. The van der Waals surface area contributed by atoms with E-state index in [1.807, 2.05) is 41.3 Å². The summed E-state index contributed by atoms with van der Waals surface area (Å²) in [6.45, 7) is 1.17. The summed E-state index contributed by atoms with van der Waals surface area (Å²) in [4.78, 5) is 33.9. The number of benzene rings is 4. The molecule has 1 aromatic heterocycles. The van der Waals surface area contributed by atoms with Crippen molar-refractivity contribution in [3.8, 4) is 11.4 Å². The van der Waals surface area contributed by atoms with E-state index in [0.29, 0.717) is 46.2 Å². The van der Waals surface area contributed by atoms with E-state index in [-0.39, 0.29) is 11.5 Å². The third-order valence-corrected chi connectivity index (χ3v) is 8.08. The Balaban J connectivity index is 1.39. The number of ether oxygens (including phenoxy) is 1. The Bertz CT molecular complexity index is 1800. The van der Waals surface area contributed by atoms with Crippen LogP contribution < -0.4 is 10.3 Å². The smallest absolute Gasteiger partial charge is 0.266 e. The molecule has 0 fully saturated rings. The first kappa shape index (κ1) is 25.8. The summed E-state index contributed by atoms with van der Waals surface area (Å²) in [5.41, 5.74) is 4.37. The van der Waals surface area contributed by atoms with E-state index in [1.165, 1.54) is 34.0 Å². The minimum atomic E-state index is -0.447. The molecule has 8 heteroatoms. The van der Waals surface area contributed by atoms with E-state index in [0.717, 1.165) is 23.3 Å². The zero-order chi connectivity index (χ0) is 27.6. The second-order valence-corrected chi connectivity index (χ2v) is 10.6. The zero-order valence-corrected chi connectivity index (χ0v) is 22.7. The molecule has 6 nitrogen and oxygen atoms in total. The minimum absolute atomic E-state index is 0.0990. The van der Waals surface area contributed by atoms with Crippen molar-refractivity contribution in [2.24, 2.45) is 0 Å². The van der Waals surface area contributed by atoms with Gasteiger partial charge < -0.3 is 9.64 Å². The highest BCUT2D eigenvalue weighted by Gasteiger charge is 2.23. The van der Waals surface area contributed by atoms with Crippen LogP contribution in [0.4, 0.5) is 4.39 Å². The van der Waals surface area contributed by atoms with Crippen molar-refractivity contribution < 1.29 is 13.9 Å². The summed E-state index contributed by atoms with van der Waals surface area (Å²) < 4.78 is 20.9. The van der Waals surface area contributed by atoms with Gasteiger partial charge in [-0.2, -0.15) is 0 Å². The number of methoxy groups -OCH3 is 1. The largest absolute Gasteiger partial charge is 0.497 e. The molecule has 0 saturated heterocycles.